The molecule has 1 aliphatic heterocycles. The lowest BCUT2D eigenvalue weighted by molar-refractivity contribution is -0.118. The van der Waals surface area contributed by atoms with Crippen molar-refractivity contribution in [2.75, 3.05) is 4.90 Å². The van der Waals surface area contributed by atoms with Crippen molar-refractivity contribution in [2.45, 2.75) is 22.8 Å². The number of rotatable bonds is 3. The molecular weight excluding hydrogens is 364 g/mol. The molecule has 0 aliphatic carbocycles. The summed E-state index contributed by atoms with van der Waals surface area (Å²) in [4.78, 5) is 18.5. The van der Waals surface area contributed by atoms with Crippen LogP contribution >= 0.6 is 0 Å². The first-order valence-corrected chi connectivity index (χ1v) is 9.67. The van der Waals surface area contributed by atoms with E-state index in [1.165, 1.54) is 29.2 Å². The molecule has 0 radical (unpaired) electrons. The Bertz CT molecular complexity index is 1180. The van der Waals surface area contributed by atoms with Gasteiger partial charge in [0, 0.05) is 25.4 Å². The van der Waals surface area contributed by atoms with E-state index in [1.807, 2.05) is 6.07 Å². The minimum atomic E-state index is -3.77. The second-order valence-electron chi connectivity index (χ2n) is 6.05. The molecule has 2 aromatic carbocycles. The molecule has 4 rings (SSSR count). The van der Waals surface area contributed by atoms with Crippen LogP contribution in [0.25, 0.3) is 0 Å². The Morgan fingerprint density at radius 3 is 2.63 bits per heavy atom. The molecular formula is C19H14N4O3S. The first kappa shape index (κ1) is 17.0. The summed E-state index contributed by atoms with van der Waals surface area (Å²) in [6.45, 7) is 0.414. The lowest BCUT2D eigenvalue weighted by atomic mass is 10.1. The Morgan fingerprint density at radius 1 is 1.11 bits per heavy atom. The first-order chi connectivity index (χ1) is 13.0. The molecule has 0 saturated carbocycles. The topological polar surface area (TPSA) is 96.1 Å². The minimum Gasteiger partial charge on any atom is -0.337 e. The van der Waals surface area contributed by atoms with Crippen molar-refractivity contribution in [3.63, 3.8) is 0 Å². The number of aryl methyl sites for hydroxylation is 1. The molecule has 0 atom stereocenters. The molecule has 0 bridgehead atoms. The van der Waals surface area contributed by atoms with Gasteiger partial charge in [0.2, 0.25) is 15.7 Å². The van der Waals surface area contributed by atoms with Gasteiger partial charge in [-0.2, -0.15) is 5.26 Å². The predicted octanol–water partition coefficient (Wildman–Crippen LogP) is 2.66. The maximum Gasteiger partial charge on any atom is 0.233 e. The average Bonchev–Trinajstić information content (AvgIpc) is 3.20. The van der Waals surface area contributed by atoms with Gasteiger partial charge >= 0.3 is 0 Å². The molecule has 27 heavy (non-hydrogen) atoms. The molecule has 0 unspecified atom stereocenters. The maximum atomic E-state index is 13.0. The SMILES string of the molecule is N#Cc1ccc2c(c1)N(C(=O)CCn1ccnc1)c1ccccc1S2(=O)=O. The van der Waals surface area contributed by atoms with Crippen LogP contribution in [-0.2, 0) is 21.2 Å². The number of anilines is 2. The van der Waals surface area contributed by atoms with E-state index in [2.05, 4.69) is 4.98 Å². The molecule has 1 amide bonds. The number of fused-ring (bicyclic) bond motifs is 2. The molecule has 0 N–H and O–H groups in total. The summed E-state index contributed by atoms with van der Waals surface area (Å²) in [5.74, 6) is -0.262. The van der Waals surface area contributed by atoms with Gasteiger partial charge in [0.25, 0.3) is 0 Å². The minimum absolute atomic E-state index is 0.0242. The molecule has 1 aromatic heterocycles. The monoisotopic (exact) mass is 378 g/mol. The van der Waals surface area contributed by atoms with Crippen molar-refractivity contribution in [1.82, 2.24) is 9.55 Å². The number of aromatic nitrogens is 2. The quantitative estimate of drug-likeness (QED) is 0.698. The largest absolute Gasteiger partial charge is 0.337 e. The van der Waals surface area contributed by atoms with Gasteiger partial charge in [0.15, 0.2) is 0 Å². The third-order valence-electron chi connectivity index (χ3n) is 4.41. The number of carbonyl (C=O) groups excluding carboxylic acids is 1. The Kier molecular flexibility index (Phi) is 4.01. The van der Waals surface area contributed by atoms with Crippen molar-refractivity contribution in [3.8, 4) is 6.07 Å². The Morgan fingerprint density at radius 2 is 1.89 bits per heavy atom. The number of nitriles is 1. The predicted molar refractivity (Wildman–Crippen MR) is 97.0 cm³/mol. The normalized spacial score (nSPS) is 14.1. The van der Waals surface area contributed by atoms with Crippen LogP contribution in [0.5, 0.6) is 0 Å². The Balaban J connectivity index is 1.84. The average molecular weight is 378 g/mol. The summed E-state index contributed by atoms with van der Waals surface area (Å²) < 4.78 is 27.7. The van der Waals surface area contributed by atoms with E-state index in [0.29, 0.717) is 12.2 Å². The number of hydrogen-bond acceptors (Lipinski definition) is 5. The van der Waals surface area contributed by atoms with Crippen LogP contribution in [0.3, 0.4) is 0 Å². The lowest BCUT2D eigenvalue weighted by Gasteiger charge is -2.31. The standard InChI is InChI=1S/C19H14N4O3S/c20-12-14-5-6-18-16(11-14)23(19(24)7-9-22-10-8-21-13-22)15-3-1-2-4-17(15)27(18,25)26/h1-6,8,10-11,13H,7,9H2. The number of sulfone groups is 1. The smallest absolute Gasteiger partial charge is 0.233 e. The second-order valence-corrected chi connectivity index (χ2v) is 7.93. The van der Waals surface area contributed by atoms with Gasteiger partial charge in [-0.25, -0.2) is 13.4 Å². The molecule has 0 fully saturated rings. The highest BCUT2D eigenvalue weighted by Crippen LogP contribution is 2.44. The summed E-state index contributed by atoms with van der Waals surface area (Å²) >= 11 is 0. The van der Waals surface area contributed by atoms with Gasteiger partial charge < -0.3 is 4.57 Å². The van der Waals surface area contributed by atoms with Crippen LogP contribution in [0.2, 0.25) is 0 Å². The number of nitrogens with zero attached hydrogens (tertiary/aromatic N) is 4. The van der Waals surface area contributed by atoms with E-state index < -0.39 is 9.84 Å². The molecule has 2 heterocycles. The molecule has 8 heteroatoms. The number of amides is 1. The number of carbonyl (C=O) groups is 1. The van der Waals surface area contributed by atoms with Crippen LogP contribution in [0.4, 0.5) is 11.4 Å². The molecule has 0 spiro atoms. The van der Waals surface area contributed by atoms with Crippen LogP contribution < -0.4 is 4.90 Å². The van der Waals surface area contributed by atoms with Gasteiger partial charge in [-0.15, -0.1) is 0 Å². The van der Waals surface area contributed by atoms with E-state index in [-0.39, 0.29) is 33.4 Å². The zero-order valence-corrected chi connectivity index (χ0v) is 14.9. The van der Waals surface area contributed by atoms with E-state index in [9.17, 15) is 18.5 Å². The summed E-state index contributed by atoms with van der Waals surface area (Å²) in [5, 5.41) is 9.20. The summed E-state index contributed by atoms with van der Waals surface area (Å²) in [6, 6.07) is 12.7. The maximum absolute atomic E-state index is 13.0. The van der Waals surface area contributed by atoms with E-state index in [4.69, 9.17) is 0 Å². The fourth-order valence-electron chi connectivity index (χ4n) is 3.13. The van der Waals surface area contributed by atoms with Crippen molar-refractivity contribution in [2.24, 2.45) is 0 Å². The summed E-state index contributed by atoms with van der Waals surface area (Å²) in [6.07, 6.45) is 5.15. The van der Waals surface area contributed by atoms with Gasteiger partial charge in [0.1, 0.15) is 0 Å². The first-order valence-electron chi connectivity index (χ1n) is 8.19. The zero-order chi connectivity index (χ0) is 19.0. The van der Waals surface area contributed by atoms with Crippen molar-refractivity contribution < 1.29 is 13.2 Å². The van der Waals surface area contributed by atoms with Gasteiger partial charge in [-0.05, 0) is 30.3 Å². The molecule has 1 aliphatic rings. The van der Waals surface area contributed by atoms with Crippen molar-refractivity contribution in [1.29, 1.82) is 5.26 Å². The van der Waals surface area contributed by atoms with E-state index >= 15 is 0 Å². The van der Waals surface area contributed by atoms with E-state index in [1.54, 1.807) is 41.5 Å². The van der Waals surface area contributed by atoms with Crippen molar-refractivity contribution >= 4 is 27.1 Å². The highest BCUT2D eigenvalue weighted by atomic mass is 32.2. The van der Waals surface area contributed by atoms with Gasteiger partial charge in [0.05, 0.1) is 39.1 Å². The zero-order valence-electron chi connectivity index (χ0n) is 14.1. The Labute approximate surface area is 156 Å². The number of para-hydroxylation sites is 1. The van der Waals surface area contributed by atoms with E-state index in [0.717, 1.165) is 0 Å². The fraction of sp³-hybridized carbons (Fsp3) is 0.105. The number of benzene rings is 2. The molecule has 0 saturated heterocycles. The lowest BCUT2D eigenvalue weighted by Crippen LogP contribution is -2.32. The highest BCUT2D eigenvalue weighted by Gasteiger charge is 2.36. The van der Waals surface area contributed by atoms with Crippen LogP contribution in [-0.4, -0.2) is 23.9 Å². The third-order valence-corrected chi connectivity index (χ3v) is 6.26. The molecule has 3 aromatic rings. The molecule has 134 valence electrons. The van der Waals surface area contributed by atoms with Crippen LogP contribution in [0, 0.1) is 11.3 Å². The summed E-state index contributed by atoms with van der Waals surface area (Å²) in [5.41, 5.74) is 0.801. The fourth-order valence-corrected chi connectivity index (χ4v) is 4.73. The van der Waals surface area contributed by atoms with Gasteiger partial charge in [-0.3, -0.25) is 9.69 Å². The number of imidazole rings is 1. The molecule has 7 nitrogen and oxygen atoms in total. The highest BCUT2D eigenvalue weighted by molar-refractivity contribution is 7.92. The second kappa shape index (κ2) is 6.37. The third kappa shape index (κ3) is 2.78. The summed E-state index contributed by atoms with van der Waals surface area (Å²) in [7, 11) is -3.77. The number of hydrogen-bond donors (Lipinski definition) is 0. The van der Waals surface area contributed by atoms with Crippen LogP contribution in [0.15, 0.2) is 71.0 Å². The van der Waals surface area contributed by atoms with Gasteiger partial charge in [-0.1, -0.05) is 12.1 Å². The Hall–Kier alpha value is -3.44. The van der Waals surface area contributed by atoms with Crippen LogP contribution in [0.1, 0.15) is 12.0 Å². The van der Waals surface area contributed by atoms with Crippen molar-refractivity contribution in [3.05, 3.63) is 66.7 Å².